The maximum atomic E-state index is 13.9. The minimum atomic E-state index is -0.857. The fourth-order valence-electron chi connectivity index (χ4n) is 4.40. The molecule has 2 nitrogen and oxygen atoms in total. The van der Waals surface area contributed by atoms with Crippen LogP contribution in [0.25, 0.3) is 5.57 Å². The van der Waals surface area contributed by atoms with Crippen molar-refractivity contribution < 1.29 is 13.6 Å². The molecule has 1 N–H and O–H groups in total. The van der Waals surface area contributed by atoms with Crippen molar-refractivity contribution in [2.75, 3.05) is 5.32 Å². The van der Waals surface area contributed by atoms with E-state index in [1.54, 1.807) is 0 Å². The Morgan fingerprint density at radius 3 is 2.44 bits per heavy atom. The molecule has 1 saturated carbocycles. The molecule has 2 aliphatic carbocycles. The first-order valence-electron chi connectivity index (χ1n) is 9.54. The minimum absolute atomic E-state index is 0.371. The molecule has 27 heavy (non-hydrogen) atoms. The van der Waals surface area contributed by atoms with Gasteiger partial charge in [0.15, 0.2) is 0 Å². The van der Waals surface area contributed by atoms with Gasteiger partial charge in [-0.3, -0.25) is 4.79 Å². The number of benzene rings is 2. The molecule has 2 aromatic carbocycles. The molecule has 0 bridgehead atoms. The lowest BCUT2D eigenvalue weighted by Gasteiger charge is -2.17. The number of amides is 1. The van der Waals surface area contributed by atoms with Gasteiger partial charge >= 0.3 is 0 Å². The number of aryl methyl sites for hydroxylation is 1. The molecule has 140 valence electrons. The summed E-state index contributed by atoms with van der Waals surface area (Å²) in [5.41, 5.74) is 5.55. The van der Waals surface area contributed by atoms with Gasteiger partial charge in [0.05, 0.1) is 0 Å². The molecular formula is C23H23F2NO. The van der Waals surface area contributed by atoms with Crippen LogP contribution in [0, 0.1) is 17.0 Å². The highest BCUT2D eigenvalue weighted by atomic mass is 19.1. The van der Waals surface area contributed by atoms with Crippen molar-refractivity contribution in [2.45, 2.75) is 46.0 Å². The topological polar surface area (TPSA) is 29.1 Å². The van der Waals surface area contributed by atoms with Crippen molar-refractivity contribution in [1.82, 2.24) is 0 Å². The first-order valence-corrected chi connectivity index (χ1v) is 9.54. The average Bonchev–Trinajstić information content (AvgIpc) is 3.34. The Balaban J connectivity index is 1.65. The quantitative estimate of drug-likeness (QED) is 0.692. The average molecular weight is 367 g/mol. The number of halogens is 2. The Morgan fingerprint density at radius 1 is 1.11 bits per heavy atom. The normalized spacial score (nSPS) is 17.5. The molecule has 0 heterocycles. The first kappa shape index (κ1) is 17.9. The maximum absolute atomic E-state index is 13.9. The molecule has 0 saturated heterocycles. The lowest BCUT2D eigenvalue weighted by Crippen LogP contribution is -2.17. The van der Waals surface area contributed by atoms with Crippen LogP contribution in [0.1, 0.15) is 61.0 Å². The second kappa shape index (κ2) is 6.59. The van der Waals surface area contributed by atoms with Gasteiger partial charge in [0.1, 0.15) is 17.2 Å². The third-order valence-corrected chi connectivity index (χ3v) is 6.00. The molecule has 4 rings (SSSR count). The van der Waals surface area contributed by atoms with Gasteiger partial charge in [-0.25, -0.2) is 8.78 Å². The lowest BCUT2D eigenvalue weighted by molar-refractivity contribution is 0.101. The van der Waals surface area contributed by atoms with Gasteiger partial charge in [-0.2, -0.15) is 0 Å². The number of hydrogen-bond donors (Lipinski definition) is 1. The van der Waals surface area contributed by atoms with E-state index in [1.807, 2.05) is 19.1 Å². The van der Waals surface area contributed by atoms with Crippen LogP contribution >= 0.6 is 0 Å². The summed E-state index contributed by atoms with van der Waals surface area (Å²) in [4.78, 5) is 12.4. The van der Waals surface area contributed by atoms with E-state index in [9.17, 15) is 13.6 Å². The molecule has 1 amide bonds. The predicted molar refractivity (Wildman–Crippen MR) is 104 cm³/mol. The third-order valence-electron chi connectivity index (χ3n) is 6.00. The van der Waals surface area contributed by atoms with Crippen LogP contribution in [0.15, 0.2) is 42.0 Å². The summed E-state index contributed by atoms with van der Waals surface area (Å²) in [7, 11) is 0. The summed E-state index contributed by atoms with van der Waals surface area (Å²) in [5.74, 6) is -2.47. The van der Waals surface area contributed by atoms with E-state index in [0.29, 0.717) is 11.1 Å². The molecule has 0 atom stereocenters. The van der Waals surface area contributed by atoms with Crippen molar-refractivity contribution in [3.63, 3.8) is 0 Å². The van der Waals surface area contributed by atoms with E-state index in [0.717, 1.165) is 30.5 Å². The summed E-state index contributed by atoms with van der Waals surface area (Å²) in [6, 6.07) is 9.44. The van der Waals surface area contributed by atoms with Gasteiger partial charge in [0.25, 0.3) is 5.91 Å². The molecule has 1 fully saturated rings. The van der Waals surface area contributed by atoms with Gasteiger partial charge in [-0.1, -0.05) is 24.6 Å². The van der Waals surface area contributed by atoms with Crippen molar-refractivity contribution in [2.24, 2.45) is 5.41 Å². The minimum Gasteiger partial charge on any atom is -0.322 e. The van der Waals surface area contributed by atoms with E-state index in [2.05, 4.69) is 18.3 Å². The zero-order valence-corrected chi connectivity index (χ0v) is 15.7. The Hall–Kier alpha value is -2.49. The molecule has 2 aliphatic rings. The number of carbonyl (C=O) groups is 1. The Morgan fingerprint density at radius 2 is 1.81 bits per heavy atom. The summed E-state index contributed by atoms with van der Waals surface area (Å²) in [6.07, 6.45) is 5.63. The number of carbonyl (C=O) groups excluding carboxylic acids is 1. The van der Waals surface area contributed by atoms with Gasteiger partial charge in [-0.05, 0) is 85.4 Å². The van der Waals surface area contributed by atoms with Gasteiger partial charge < -0.3 is 5.32 Å². The summed E-state index contributed by atoms with van der Waals surface area (Å²) >= 11 is 0. The number of nitrogens with one attached hydrogen (secondary N) is 1. The fraction of sp³-hybridized carbons (Fsp3) is 0.348. The lowest BCUT2D eigenvalue weighted by atomic mass is 9.89. The number of anilines is 1. The van der Waals surface area contributed by atoms with Crippen LogP contribution in [0.3, 0.4) is 0 Å². The summed E-state index contributed by atoms with van der Waals surface area (Å²) in [5, 5.41) is 2.69. The second-order valence-electron chi connectivity index (χ2n) is 7.71. The molecule has 1 spiro atoms. The highest BCUT2D eigenvalue weighted by molar-refractivity contribution is 6.05. The zero-order chi connectivity index (χ0) is 19.2. The van der Waals surface area contributed by atoms with Gasteiger partial charge in [0, 0.05) is 5.69 Å². The van der Waals surface area contributed by atoms with Crippen molar-refractivity contribution in [1.29, 1.82) is 0 Å². The number of allylic oxidation sites excluding steroid dienone is 2. The molecule has 0 aromatic heterocycles. The standard InChI is InChI=1S/C23H23F2NO/c1-3-15-13-16(21-14(2)9-10-23(21)11-12-23)7-8-19(15)26-22(27)20-17(24)5-4-6-18(20)25/h4-8,13H,3,9-12H2,1-2H3,(H,26,27). The fourth-order valence-corrected chi connectivity index (χ4v) is 4.40. The van der Waals surface area contributed by atoms with Crippen LogP contribution in [0.4, 0.5) is 14.5 Å². The highest BCUT2D eigenvalue weighted by Crippen LogP contribution is 2.64. The molecule has 0 aliphatic heterocycles. The summed E-state index contributed by atoms with van der Waals surface area (Å²) in [6.45, 7) is 4.23. The van der Waals surface area contributed by atoms with Crippen LogP contribution in [0.5, 0.6) is 0 Å². The van der Waals surface area contributed by atoms with Crippen molar-refractivity contribution >= 4 is 17.2 Å². The monoisotopic (exact) mass is 367 g/mol. The van der Waals surface area contributed by atoms with E-state index in [-0.39, 0.29) is 0 Å². The first-order chi connectivity index (χ1) is 12.9. The van der Waals surface area contributed by atoms with Crippen molar-refractivity contribution in [3.8, 4) is 0 Å². The Kier molecular flexibility index (Phi) is 4.37. The SMILES string of the molecule is CCc1cc(C2=C(C)CCC23CC3)ccc1NC(=O)c1c(F)cccc1F. The Labute approximate surface area is 158 Å². The van der Waals surface area contributed by atoms with E-state index in [4.69, 9.17) is 0 Å². The number of rotatable bonds is 4. The van der Waals surface area contributed by atoms with Crippen LogP contribution in [0.2, 0.25) is 0 Å². The van der Waals surface area contributed by atoms with Crippen LogP contribution in [-0.4, -0.2) is 5.91 Å². The van der Waals surface area contributed by atoms with Gasteiger partial charge in [0.2, 0.25) is 0 Å². The van der Waals surface area contributed by atoms with Crippen LogP contribution in [-0.2, 0) is 6.42 Å². The third kappa shape index (κ3) is 3.07. The Bertz CT molecular complexity index is 937. The van der Waals surface area contributed by atoms with E-state index in [1.165, 1.54) is 42.0 Å². The molecule has 2 aromatic rings. The molecule has 4 heteroatoms. The maximum Gasteiger partial charge on any atom is 0.261 e. The zero-order valence-electron chi connectivity index (χ0n) is 15.7. The summed E-state index contributed by atoms with van der Waals surface area (Å²) < 4.78 is 27.8. The smallest absolute Gasteiger partial charge is 0.261 e. The van der Waals surface area contributed by atoms with Crippen molar-refractivity contribution in [3.05, 3.63) is 70.3 Å². The highest BCUT2D eigenvalue weighted by Gasteiger charge is 2.49. The molecule has 0 radical (unpaired) electrons. The second-order valence-corrected chi connectivity index (χ2v) is 7.71. The molecule has 0 unspecified atom stereocenters. The van der Waals surface area contributed by atoms with E-state index < -0.39 is 23.1 Å². The van der Waals surface area contributed by atoms with Gasteiger partial charge in [-0.15, -0.1) is 0 Å². The van der Waals surface area contributed by atoms with E-state index >= 15 is 0 Å². The number of hydrogen-bond acceptors (Lipinski definition) is 1. The molecular weight excluding hydrogens is 344 g/mol. The largest absolute Gasteiger partial charge is 0.322 e. The predicted octanol–water partition coefficient (Wildman–Crippen LogP) is 6.13. The van der Waals surface area contributed by atoms with Crippen LogP contribution < -0.4 is 5.32 Å².